The molecule has 0 aliphatic carbocycles. The topological polar surface area (TPSA) is 143 Å². The molecule has 0 bridgehead atoms. The zero-order valence-corrected chi connectivity index (χ0v) is 10.2. The zero-order chi connectivity index (χ0) is 13.3. The molecule has 0 unspecified atom stereocenters. The highest BCUT2D eigenvalue weighted by molar-refractivity contribution is 7.88. The van der Waals surface area contributed by atoms with Crippen LogP contribution < -0.4 is 15.2 Å². The molecule has 0 saturated heterocycles. The lowest BCUT2D eigenvalue weighted by atomic mass is 10.2. The summed E-state index contributed by atoms with van der Waals surface area (Å²) in [5.41, 5.74) is 5.21. The van der Waals surface area contributed by atoms with Crippen LogP contribution in [0.15, 0.2) is 5.16 Å². The number of carbonyl (C=O) groups is 1. The molecule has 10 heteroatoms. The smallest absolute Gasteiger partial charge is 0.421 e. The third-order valence-corrected chi connectivity index (χ3v) is 2.70. The Morgan fingerprint density at radius 1 is 1.47 bits per heavy atom. The minimum Gasteiger partial charge on any atom is -0.452 e. The van der Waals surface area contributed by atoms with E-state index >= 15 is 0 Å². The Kier molecular flexibility index (Phi) is 6.98. The Hall–Kier alpha value is -1.55. The molecule has 0 aromatic heterocycles. The first-order valence-corrected chi connectivity index (χ1v) is 6.21. The quantitative estimate of drug-likeness (QED) is 0.155. The molecule has 0 fully saturated rings. The van der Waals surface area contributed by atoms with E-state index in [2.05, 4.69) is 14.6 Å². The maximum absolute atomic E-state index is 11.1. The average Bonchev–Trinajstić information content (AvgIpc) is 2.27. The van der Waals surface area contributed by atoms with Crippen LogP contribution in [-0.4, -0.2) is 39.2 Å². The van der Waals surface area contributed by atoms with Gasteiger partial charge in [0.25, 0.3) is 0 Å². The summed E-state index contributed by atoms with van der Waals surface area (Å²) in [6, 6.07) is 0. The van der Waals surface area contributed by atoms with Crippen molar-refractivity contribution in [3.8, 4) is 0 Å². The molecule has 0 rings (SSSR count). The van der Waals surface area contributed by atoms with Crippen molar-refractivity contribution in [1.82, 2.24) is 9.44 Å². The van der Waals surface area contributed by atoms with Gasteiger partial charge in [-0.1, -0.05) is 5.16 Å². The minimum atomic E-state index is -3.88. The maximum Gasteiger partial charge on any atom is 0.421 e. The molecule has 9 nitrogen and oxygen atoms in total. The number of ether oxygens (including phenoxy) is 1. The van der Waals surface area contributed by atoms with Gasteiger partial charge in [-0.3, -0.25) is 0 Å². The number of rotatable bonds is 7. The van der Waals surface area contributed by atoms with E-state index < -0.39 is 16.3 Å². The van der Waals surface area contributed by atoms with E-state index in [4.69, 9.17) is 10.9 Å². The summed E-state index contributed by atoms with van der Waals surface area (Å²) < 4.78 is 30.2. The zero-order valence-electron chi connectivity index (χ0n) is 9.34. The molecule has 1 amide bonds. The van der Waals surface area contributed by atoms with Crippen LogP contribution in [0.25, 0.3) is 0 Å². The largest absolute Gasteiger partial charge is 0.452 e. The summed E-state index contributed by atoms with van der Waals surface area (Å²) in [6.07, 6.45) is 0.339. The number of methoxy groups -OCH3 is 1. The molecule has 0 saturated carbocycles. The molecule has 0 atom stereocenters. The number of amides is 1. The van der Waals surface area contributed by atoms with Gasteiger partial charge >= 0.3 is 16.3 Å². The normalized spacial score (nSPS) is 12.2. The van der Waals surface area contributed by atoms with Crippen molar-refractivity contribution >= 4 is 22.1 Å². The van der Waals surface area contributed by atoms with Gasteiger partial charge in [0.15, 0.2) is 0 Å². The lowest BCUT2D eigenvalue weighted by molar-refractivity contribution is 0.177. The summed E-state index contributed by atoms with van der Waals surface area (Å²) in [5, 5.41) is 11.0. The molecule has 5 N–H and O–H groups in total. The highest BCUT2D eigenvalue weighted by atomic mass is 32.2. The average molecular weight is 268 g/mol. The molecule has 0 aliphatic rings. The Labute approximate surface area is 99.2 Å². The summed E-state index contributed by atoms with van der Waals surface area (Å²) >= 11 is 0. The second-order valence-corrected chi connectivity index (χ2v) is 4.54. The van der Waals surface area contributed by atoms with E-state index in [1.54, 1.807) is 4.72 Å². The third-order valence-electron chi connectivity index (χ3n) is 1.68. The van der Waals surface area contributed by atoms with Gasteiger partial charge < -0.3 is 15.7 Å². The van der Waals surface area contributed by atoms with Crippen LogP contribution in [0.5, 0.6) is 0 Å². The monoisotopic (exact) mass is 268 g/mol. The first-order valence-electron chi connectivity index (χ1n) is 4.73. The van der Waals surface area contributed by atoms with Gasteiger partial charge in [-0.25, -0.2) is 9.52 Å². The molecule has 17 heavy (non-hydrogen) atoms. The molecule has 100 valence electrons. The lowest BCUT2D eigenvalue weighted by Gasteiger charge is -2.06. The van der Waals surface area contributed by atoms with Crippen LogP contribution in [0, 0.1) is 0 Å². The first-order chi connectivity index (χ1) is 7.91. The highest BCUT2D eigenvalue weighted by Crippen LogP contribution is 1.94. The van der Waals surface area contributed by atoms with Crippen LogP contribution >= 0.6 is 0 Å². The predicted molar refractivity (Wildman–Crippen MR) is 59.7 cm³/mol. The van der Waals surface area contributed by atoms with Crippen LogP contribution in [0.4, 0.5) is 4.79 Å². The molecule has 0 radical (unpaired) electrons. The third kappa shape index (κ3) is 8.28. The van der Waals surface area contributed by atoms with Gasteiger partial charge in [-0.2, -0.15) is 13.1 Å². The van der Waals surface area contributed by atoms with Gasteiger partial charge in [0.1, 0.15) is 5.84 Å². The van der Waals surface area contributed by atoms with E-state index in [9.17, 15) is 13.2 Å². The van der Waals surface area contributed by atoms with Gasteiger partial charge in [0, 0.05) is 13.0 Å². The highest BCUT2D eigenvalue weighted by Gasteiger charge is 2.12. The SMILES string of the molecule is COC(=O)NS(=O)(=O)NCCCCC(N)=NO. The second-order valence-electron chi connectivity index (χ2n) is 3.04. The van der Waals surface area contributed by atoms with Gasteiger partial charge in [-0.15, -0.1) is 0 Å². The number of carbonyl (C=O) groups excluding carboxylic acids is 1. The Morgan fingerprint density at radius 2 is 2.12 bits per heavy atom. The fourth-order valence-corrected chi connectivity index (χ4v) is 1.66. The number of hydrogen-bond acceptors (Lipinski definition) is 6. The second kappa shape index (κ2) is 7.68. The van der Waals surface area contributed by atoms with E-state index in [1.807, 2.05) is 0 Å². The summed E-state index contributed by atoms with van der Waals surface area (Å²) in [6.45, 7) is 0.130. The molecule has 0 spiro atoms. The van der Waals surface area contributed by atoms with Crippen molar-refractivity contribution in [3.63, 3.8) is 0 Å². The van der Waals surface area contributed by atoms with Crippen LogP contribution in [0.2, 0.25) is 0 Å². The first kappa shape index (κ1) is 15.4. The molecular weight excluding hydrogens is 252 g/mol. The Morgan fingerprint density at radius 3 is 2.65 bits per heavy atom. The lowest BCUT2D eigenvalue weighted by Crippen LogP contribution is -2.40. The van der Waals surface area contributed by atoms with Crippen LogP contribution in [0.3, 0.4) is 0 Å². The van der Waals surface area contributed by atoms with Gasteiger partial charge in [-0.05, 0) is 12.8 Å². The molecule has 0 aromatic rings. The molecular formula is C7H16N4O5S. The number of nitrogens with zero attached hydrogens (tertiary/aromatic N) is 1. The van der Waals surface area contributed by atoms with Crippen molar-refractivity contribution in [1.29, 1.82) is 0 Å². The number of hydrogen-bond donors (Lipinski definition) is 4. The van der Waals surface area contributed by atoms with Crippen molar-refractivity contribution in [2.45, 2.75) is 19.3 Å². The standard InChI is InChI=1S/C7H16N4O5S/c1-16-7(12)11-17(14,15)9-5-3-2-4-6(8)10-13/h9,13H,2-5H2,1H3,(H2,8,10)(H,11,12). The number of nitrogens with one attached hydrogen (secondary N) is 2. The summed E-state index contributed by atoms with van der Waals surface area (Å²) in [5.74, 6) is 0.0838. The molecule has 0 aromatic carbocycles. The fraction of sp³-hybridized carbons (Fsp3) is 0.714. The summed E-state index contributed by atoms with van der Waals surface area (Å²) in [4.78, 5) is 10.6. The van der Waals surface area contributed by atoms with E-state index in [-0.39, 0.29) is 12.4 Å². The van der Waals surface area contributed by atoms with Crippen molar-refractivity contribution in [2.75, 3.05) is 13.7 Å². The van der Waals surface area contributed by atoms with Gasteiger partial charge in [0.05, 0.1) is 7.11 Å². The van der Waals surface area contributed by atoms with E-state index in [1.165, 1.54) is 0 Å². The maximum atomic E-state index is 11.1. The van der Waals surface area contributed by atoms with E-state index in [0.29, 0.717) is 19.3 Å². The number of unbranched alkanes of at least 4 members (excludes halogenated alkanes) is 1. The number of nitrogens with two attached hydrogens (primary N) is 1. The van der Waals surface area contributed by atoms with Crippen molar-refractivity contribution in [2.24, 2.45) is 10.9 Å². The van der Waals surface area contributed by atoms with Crippen LogP contribution in [0.1, 0.15) is 19.3 Å². The predicted octanol–water partition coefficient (Wildman–Crippen LogP) is -0.906. The van der Waals surface area contributed by atoms with Crippen LogP contribution in [-0.2, 0) is 14.9 Å². The summed E-state index contributed by atoms with van der Waals surface area (Å²) in [7, 11) is -2.83. The Balaban J connectivity index is 3.77. The van der Waals surface area contributed by atoms with Crippen molar-refractivity contribution < 1.29 is 23.2 Å². The van der Waals surface area contributed by atoms with Crippen molar-refractivity contribution in [3.05, 3.63) is 0 Å². The fourth-order valence-electron chi connectivity index (χ4n) is 0.875. The number of amidine groups is 1. The number of oxime groups is 1. The Bertz CT molecular complexity index is 366. The van der Waals surface area contributed by atoms with E-state index in [0.717, 1.165) is 7.11 Å². The van der Waals surface area contributed by atoms with Gasteiger partial charge in [0.2, 0.25) is 0 Å². The minimum absolute atomic E-state index is 0.0838. The molecule has 0 aliphatic heterocycles. The molecule has 0 heterocycles.